The fourth-order valence-electron chi connectivity index (χ4n) is 3.99. The lowest BCUT2D eigenvalue weighted by atomic mass is 9.97. The van der Waals surface area contributed by atoms with E-state index < -0.39 is 0 Å². The molecule has 0 saturated carbocycles. The third-order valence-electron chi connectivity index (χ3n) is 5.77. The Kier molecular flexibility index (Phi) is 6.65. The first-order valence-corrected chi connectivity index (χ1v) is 11.1. The van der Waals surface area contributed by atoms with Crippen molar-refractivity contribution >= 4 is 22.8 Å². The number of nitrogens with zero attached hydrogens (tertiary/aromatic N) is 3. The molecule has 4 rings (SSSR count). The third-order valence-corrected chi connectivity index (χ3v) is 5.77. The molecule has 3 aromatic rings. The van der Waals surface area contributed by atoms with Gasteiger partial charge in [0, 0.05) is 19.6 Å². The van der Waals surface area contributed by atoms with E-state index in [0.717, 1.165) is 48.2 Å². The summed E-state index contributed by atoms with van der Waals surface area (Å²) < 4.78 is 5.95. The molecule has 1 N–H and O–H groups in total. The van der Waals surface area contributed by atoms with Crippen LogP contribution < -0.4 is 15.0 Å². The number of aromatic nitrogens is 2. The fourth-order valence-corrected chi connectivity index (χ4v) is 3.99. The summed E-state index contributed by atoms with van der Waals surface area (Å²) in [4.78, 5) is 24.7. The summed E-state index contributed by atoms with van der Waals surface area (Å²) in [6, 6.07) is 16.0. The van der Waals surface area contributed by atoms with E-state index in [1.54, 1.807) is 0 Å². The average Bonchev–Trinajstić information content (AvgIpc) is 2.81. The van der Waals surface area contributed by atoms with Gasteiger partial charge in [0.25, 0.3) is 5.88 Å². The van der Waals surface area contributed by atoms with Crippen LogP contribution in [0.2, 0.25) is 0 Å². The number of amides is 1. The van der Waals surface area contributed by atoms with Gasteiger partial charge in [0.1, 0.15) is 0 Å². The van der Waals surface area contributed by atoms with Crippen LogP contribution in [-0.4, -0.2) is 35.6 Å². The highest BCUT2D eigenvalue weighted by Crippen LogP contribution is 2.31. The van der Waals surface area contributed by atoms with Gasteiger partial charge in [0.05, 0.1) is 23.6 Å². The van der Waals surface area contributed by atoms with Gasteiger partial charge in [-0.15, -0.1) is 0 Å². The van der Waals surface area contributed by atoms with E-state index in [1.165, 1.54) is 5.56 Å². The van der Waals surface area contributed by atoms with Gasteiger partial charge < -0.3 is 15.0 Å². The van der Waals surface area contributed by atoms with Crippen molar-refractivity contribution in [3.05, 3.63) is 59.7 Å². The second-order valence-electron chi connectivity index (χ2n) is 8.12. The highest BCUT2D eigenvalue weighted by atomic mass is 16.5. The highest BCUT2D eigenvalue weighted by Gasteiger charge is 2.29. The minimum absolute atomic E-state index is 0.0786. The van der Waals surface area contributed by atoms with Crippen molar-refractivity contribution in [1.82, 2.24) is 15.3 Å². The Morgan fingerprint density at radius 1 is 1.13 bits per heavy atom. The van der Waals surface area contributed by atoms with Gasteiger partial charge in [-0.05, 0) is 49.4 Å². The zero-order valence-electron chi connectivity index (χ0n) is 18.3. The zero-order valence-corrected chi connectivity index (χ0v) is 18.3. The number of ether oxygens (including phenoxy) is 1. The molecular weight excluding hydrogens is 388 g/mol. The number of aryl methyl sites for hydroxylation is 1. The highest BCUT2D eigenvalue weighted by molar-refractivity contribution is 5.80. The molecule has 6 heteroatoms. The Balaban J connectivity index is 1.50. The first-order chi connectivity index (χ1) is 15.2. The van der Waals surface area contributed by atoms with E-state index in [-0.39, 0.29) is 11.8 Å². The molecule has 0 bridgehead atoms. The van der Waals surface area contributed by atoms with E-state index in [1.807, 2.05) is 36.4 Å². The van der Waals surface area contributed by atoms with E-state index in [9.17, 15) is 4.79 Å². The van der Waals surface area contributed by atoms with Crippen LogP contribution in [0.3, 0.4) is 0 Å². The molecule has 0 radical (unpaired) electrons. The quantitative estimate of drug-likeness (QED) is 0.621. The average molecular weight is 419 g/mol. The molecule has 1 amide bonds. The van der Waals surface area contributed by atoms with Crippen LogP contribution in [0.25, 0.3) is 11.0 Å². The summed E-state index contributed by atoms with van der Waals surface area (Å²) in [6.45, 7) is 6.76. The summed E-state index contributed by atoms with van der Waals surface area (Å²) in [5.74, 6) is 1.31. The molecule has 1 fully saturated rings. The Bertz CT molecular complexity index is 1050. The van der Waals surface area contributed by atoms with Crippen molar-refractivity contribution in [2.45, 2.75) is 39.7 Å². The number of carbonyl (C=O) groups is 1. The number of hydrogen-bond acceptors (Lipinski definition) is 5. The molecule has 2 aromatic carbocycles. The molecule has 1 aromatic heterocycles. The van der Waals surface area contributed by atoms with Crippen LogP contribution >= 0.6 is 0 Å². The number of piperidine rings is 1. The normalized spacial score (nSPS) is 16.3. The minimum atomic E-state index is -0.0786. The number of carbonyl (C=O) groups excluding carboxylic acids is 1. The molecular formula is C25H30N4O2. The Labute approximate surface area is 183 Å². The van der Waals surface area contributed by atoms with Crippen molar-refractivity contribution in [3.63, 3.8) is 0 Å². The fraction of sp³-hybridized carbons (Fsp3) is 0.400. The van der Waals surface area contributed by atoms with Crippen LogP contribution in [0.4, 0.5) is 5.82 Å². The summed E-state index contributed by atoms with van der Waals surface area (Å²) in [5, 5.41) is 3.13. The van der Waals surface area contributed by atoms with Crippen molar-refractivity contribution in [2.24, 2.45) is 5.92 Å². The lowest BCUT2D eigenvalue weighted by Crippen LogP contribution is -2.43. The zero-order chi connectivity index (χ0) is 21.6. The van der Waals surface area contributed by atoms with Crippen molar-refractivity contribution in [2.75, 3.05) is 24.6 Å². The second-order valence-corrected chi connectivity index (χ2v) is 8.12. The van der Waals surface area contributed by atoms with Crippen molar-refractivity contribution < 1.29 is 9.53 Å². The Hall–Kier alpha value is -3.15. The van der Waals surface area contributed by atoms with Crippen molar-refractivity contribution in [1.29, 1.82) is 0 Å². The van der Waals surface area contributed by atoms with E-state index in [2.05, 4.69) is 36.2 Å². The van der Waals surface area contributed by atoms with Gasteiger partial charge in [-0.2, -0.15) is 0 Å². The molecule has 0 spiro atoms. The van der Waals surface area contributed by atoms with Gasteiger partial charge in [0.15, 0.2) is 5.82 Å². The van der Waals surface area contributed by atoms with Gasteiger partial charge in [0.2, 0.25) is 5.91 Å². The van der Waals surface area contributed by atoms with E-state index >= 15 is 0 Å². The van der Waals surface area contributed by atoms with E-state index in [0.29, 0.717) is 25.6 Å². The van der Waals surface area contributed by atoms with Gasteiger partial charge >= 0.3 is 0 Å². The van der Waals surface area contributed by atoms with Gasteiger partial charge in [-0.25, -0.2) is 9.97 Å². The summed E-state index contributed by atoms with van der Waals surface area (Å²) in [7, 11) is 0. The van der Waals surface area contributed by atoms with Crippen LogP contribution in [-0.2, 0) is 11.3 Å². The maximum Gasteiger partial charge on any atom is 0.258 e. The van der Waals surface area contributed by atoms with Crippen LogP contribution in [0.15, 0.2) is 48.5 Å². The summed E-state index contributed by atoms with van der Waals surface area (Å²) >= 11 is 0. The standard InChI is InChI=1S/C25H30N4O2/c1-3-15-31-25-23(27-21-12-6-7-13-22(21)28-25)29-14-8-11-20(17-29)24(30)26-16-19-10-5-4-9-18(19)2/h4-7,9-10,12-13,20H,3,8,11,14-17H2,1-2H3,(H,26,30)/t20-/m1/s1. The van der Waals surface area contributed by atoms with Crippen LogP contribution in [0.5, 0.6) is 5.88 Å². The van der Waals surface area contributed by atoms with Crippen molar-refractivity contribution in [3.8, 4) is 5.88 Å². The molecule has 2 heterocycles. The largest absolute Gasteiger partial charge is 0.475 e. The molecule has 0 aliphatic carbocycles. The first kappa shape index (κ1) is 21.1. The smallest absolute Gasteiger partial charge is 0.258 e. The first-order valence-electron chi connectivity index (χ1n) is 11.1. The Morgan fingerprint density at radius 3 is 2.65 bits per heavy atom. The van der Waals surface area contributed by atoms with E-state index in [4.69, 9.17) is 14.7 Å². The second kappa shape index (κ2) is 9.77. The molecule has 1 aliphatic heterocycles. The third kappa shape index (κ3) is 4.95. The number of anilines is 1. The molecule has 1 saturated heterocycles. The predicted molar refractivity (Wildman–Crippen MR) is 123 cm³/mol. The molecule has 6 nitrogen and oxygen atoms in total. The van der Waals surface area contributed by atoms with Crippen LogP contribution in [0, 0.1) is 12.8 Å². The topological polar surface area (TPSA) is 67.4 Å². The number of hydrogen-bond donors (Lipinski definition) is 1. The molecule has 0 unspecified atom stereocenters. The molecule has 162 valence electrons. The van der Waals surface area contributed by atoms with Gasteiger partial charge in [-0.3, -0.25) is 4.79 Å². The minimum Gasteiger partial charge on any atom is -0.475 e. The maximum absolute atomic E-state index is 12.9. The summed E-state index contributed by atoms with van der Waals surface area (Å²) in [6.07, 6.45) is 2.71. The summed E-state index contributed by atoms with van der Waals surface area (Å²) in [5.41, 5.74) is 4.01. The number of nitrogens with one attached hydrogen (secondary N) is 1. The molecule has 31 heavy (non-hydrogen) atoms. The number of para-hydroxylation sites is 2. The Morgan fingerprint density at radius 2 is 1.87 bits per heavy atom. The number of fused-ring (bicyclic) bond motifs is 1. The SMILES string of the molecule is CCCOc1nc2ccccc2nc1N1CCC[C@@H](C(=O)NCc2ccccc2C)C1. The van der Waals surface area contributed by atoms with Gasteiger partial charge in [-0.1, -0.05) is 43.3 Å². The maximum atomic E-state index is 12.9. The monoisotopic (exact) mass is 418 g/mol. The lowest BCUT2D eigenvalue weighted by molar-refractivity contribution is -0.125. The number of benzene rings is 2. The lowest BCUT2D eigenvalue weighted by Gasteiger charge is -2.33. The molecule has 1 aliphatic rings. The number of rotatable bonds is 7. The predicted octanol–water partition coefficient (Wildman–Crippen LogP) is 4.26. The van der Waals surface area contributed by atoms with Crippen LogP contribution in [0.1, 0.15) is 37.3 Å². The molecule has 1 atom stereocenters.